The van der Waals surface area contributed by atoms with Gasteiger partial charge >= 0.3 is 5.97 Å². The van der Waals surface area contributed by atoms with E-state index in [4.69, 9.17) is 26.1 Å². The van der Waals surface area contributed by atoms with Crippen LogP contribution in [0.3, 0.4) is 0 Å². The fraction of sp³-hybridized carbons (Fsp3) is 0.281. The molecule has 0 aliphatic heterocycles. The van der Waals surface area contributed by atoms with Crippen LogP contribution < -0.4 is 4.74 Å². The number of benzene rings is 2. The summed E-state index contributed by atoms with van der Waals surface area (Å²) in [6.45, 7) is 6.33. The third-order valence-electron chi connectivity index (χ3n) is 7.28. The van der Waals surface area contributed by atoms with E-state index in [1.54, 1.807) is 19.2 Å². The Kier molecular flexibility index (Phi) is 7.61. The standard InChI is InChI=1S/C32H30ClNO4S/c1-32(2,3)21-16-20(15-19-9-11-22(37-4)12-10-19)30-24(17-21)29(23-7-5-6-8-25(23)34-30)31(36)38-18-26(35)27-13-14-28(33)39-27/h5-15,21H,16-18H2,1-4H3/b20-15+. The van der Waals surface area contributed by atoms with Crippen LogP contribution in [0.2, 0.25) is 4.34 Å². The fourth-order valence-corrected chi connectivity index (χ4v) is 5.98. The lowest BCUT2D eigenvalue weighted by atomic mass is 9.69. The molecule has 0 saturated carbocycles. The van der Waals surface area contributed by atoms with E-state index in [-0.39, 0.29) is 23.7 Å². The number of nitrogens with zero attached hydrogens (tertiary/aromatic N) is 1. The quantitative estimate of drug-likeness (QED) is 0.176. The average Bonchev–Trinajstić information content (AvgIpc) is 3.36. The van der Waals surface area contributed by atoms with Gasteiger partial charge in [0.1, 0.15) is 5.75 Å². The summed E-state index contributed by atoms with van der Waals surface area (Å²) in [4.78, 5) is 31.9. The molecule has 0 N–H and O–H groups in total. The first kappa shape index (κ1) is 27.1. The molecule has 200 valence electrons. The zero-order valence-corrected chi connectivity index (χ0v) is 24.0. The highest BCUT2D eigenvalue weighted by Gasteiger charge is 2.35. The summed E-state index contributed by atoms with van der Waals surface area (Å²) in [7, 11) is 1.65. The third-order valence-corrected chi connectivity index (χ3v) is 8.55. The third kappa shape index (κ3) is 5.77. The number of hydrogen-bond donors (Lipinski definition) is 0. The van der Waals surface area contributed by atoms with Crippen LogP contribution in [0.1, 0.15) is 64.0 Å². The molecule has 5 rings (SSSR count). The lowest BCUT2D eigenvalue weighted by Gasteiger charge is -2.36. The molecule has 2 aromatic heterocycles. The summed E-state index contributed by atoms with van der Waals surface area (Å²) in [5.41, 5.74) is 5.00. The highest BCUT2D eigenvalue weighted by atomic mass is 35.5. The number of fused-ring (bicyclic) bond motifs is 2. The van der Waals surface area contributed by atoms with Gasteiger partial charge in [0.05, 0.1) is 33.1 Å². The molecule has 0 saturated heterocycles. The number of rotatable bonds is 6. The van der Waals surface area contributed by atoms with Crippen LogP contribution in [0, 0.1) is 11.3 Å². The maximum Gasteiger partial charge on any atom is 0.339 e. The van der Waals surface area contributed by atoms with Crippen molar-refractivity contribution in [1.82, 2.24) is 4.98 Å². The van der Waals surface area contributed by atoms with Crippen molar-refractivity contribution in [2.75, 3.05) is 13.7 Å². The van der Waals surface area contributed by atoms with Crippen molar-refractivity contribution < 1.29 is 19.1 Å². The van der Waals surface area contributed by atoms with Crippen LogP contribution in [0.15, 0.2) is 60.7 Å². The number of carbonyl (C=O) groups is 2. The van der Waals surface area contributed by atoms with E-state index in [0.717, 1.165) is 45.5 Å². The van der Waals surface area contributed by atoms with Crippen LogP contribution in [-0.4, -0.2) is 30.5 Å². The van der Waals surface area contributed by atoms with Gasteiger partial charge in [0.2, 0.25) is 5.78 Å². The summed E-state index contributed by atoms with van der Waals surface area (Å²) < 4.78 is 11.5. The van der Waals surface area contributed by atoms with E-state index in [0.29, 0.717) is 21.2 Å². The van der Waals surface area contributed by atoms with Crippen molar-refractivity contribution in [3.05, 3.63) is 92.3 Å². The normalized spacial score (nSPS) is 16.2. The Hall–Kier alpha value is -3.48. The number of methoxy groups -OCH3 is 1. The Bertz CT molecular complexity index is 1580. The van der Waals surface area contributed by atoms with E-state index in [2.05, 4.69) is 26.8 Å². The predicted molar refractivity (Wildman–Crippen MR) is 158 cm³/mol. The van der Waals surface area contributed by atoms with Gasteiger partial charge in [-0.05, 0) is 77.3 Å². The Labute approximate surface area is 237 Å². The second kappa shape index (κ2) is 10.9. The van der Waals surface area contributed by atoms with E-state index < -0.39 is 5.97 Å². The van der Waals surface area contributed by atoms with E-state index in [1.807, 2.05) is 48.5 Å². The van der Waals surface area contributed by atoms with Gasteiger partial charge < -0.3 is 9.47 Å². The van der Waals surface area contributed by atoms with Crippen molar-refractivity contribution in [3.8, 4) is 5.75 Å². The Balaban J connectivity index is 1.60. The van der Waals surface area contributed by atoms with Crippen molar-refractivity contribution in [2.45, 2.75) is 33.6 Å². The monoisotopic (exact) mass is 559 g/mol. The number of Topliss-reactive ketones (excluding diaryl/α,β-unsaturated/α-hetero) is 1. The number of para-hydroxylation sites is 1. The summed E-state index contributed by atoms with van der Waals surface area (Å²) in [6, 6.07) is 18.8. The number of esters is 1. The molecule has 4 aromatic rings. The number of aromatic nitrogens is 1. The minimum absolute atomic E-state index is 0.00207. The summed E-state index contributed by atoms with van der Waals surface area (Å²) in [5, 5.41) is 0.728. The SMILES string of the molecule is COc1ccc(/C=C2\CC(C(C)(C)C)Cc3c2nc2ccccc2c3C(=O)OCC(=O)c2ccc(Cl)s2)cc1. The molecule has 39 heavy (non-hydrogen) atoms. The van der Waals surface area contributed by atoms with Gasteiger partial charge in [-0.2, -0.15) is 0 Å². The molecule has 0 fully saturated rings. The molecule has 7 heteroatoms. The molecule has 2 aromatic carbocycles. The molecule has 0 bridgehead atoms. The van der Waals surface area contributed by atoms with Crippen LogP contribution in [0.5, 0.6) is 5.75 Å². The number of hydrogen-bond acceptors (Lipinski definition) is 6. The lowest BCUT2D eigenvalue weighted by Crippen LogP contribution is -2.29. The second-order valence-corrected chi connectivity index (χ2v) is 12.6. The van der Waals surface area contributed by atoms with Crippen LogP contribution in [0.4, 0.5) is 0 Å². The van der Waals surface area contributed by atoms with Gasteiger partial charge in [0.25, 0.3) is 0 Å². The highest BCUT2D eigenvalue weighted by Crippen LogP contribution is 2.45. The zero-order chi connectivity index (χ0) is 27.7. The molecule has 1 aliphatic rings. The van der Waals surface area contributed by atoms with Crippen LogP contribution in [-0.2, 0) is 11.2 Å². The number of carbonyl (C=O) groups excluding carboxylic acids is 2. The topological polar surface area (TPSA) is 65.5 Å². The number of halogens is 1. The summed E-state index contributed by atoms with van der Waals surface area (Å²) in [6.07, 6.45) is 3.67. The number of allylic oxidation sites excluding steroid dienone is 1. The van der Waals surface area contributed by atoms with Gasteiger partial charge in [0, 0.05) is 5.39 Å². The minimum atomic E-state index is -0.515. The van der Waals surface area contributed by atoms with Crippen molar-refractivity contribution in [3.63, 3.8) is 0 Å². The fourth-order valence-electron chi connectivity index (χ4n) is 5.01. The number of pyridine rings is 1. The van der Waals surface area contributed by atoms with Gasteiger partial charge in [0.15, 0.2) is 6.61 Å². The van der Waals surface area contributed by atoms with Gasteiger partial charge in [-0.15, -0.1) is 11.3 Å². The molecular weight excluding hydrogens is 530 g/mol. The van der Waals surface area contributed by atoms with Crippen molar-refractivity contribution >= 4 is 57.2 Å². The average molecular weight is 560 g/mol. The first-order chi connectivity index (χ1) is 18.6. The first-order valence-corrected chi connectivity index (χ1v) is 14.1. The van der Waals surface area contributed by atoms with Gasteiger partial charge in [-0.25, -0.2) is 9.78 Å². The van der Waals surface area contributed by atoms with E-state index >= 15 is 0 Å². The highest BCUT2D eigenvalue weighted by molar-refractivity contribution is 7.18. The molecule has 2 heterocycles. The van der Waals surface area contributed by atoms with Crippen LogP contribution in [0.25, 0.3) is 22.6 Å². The molecular formula is C32H30ClNO4S. The number of ether oxygens (including phenoxy) is 2. The van der Waals surface area contributed by atoms with Crippen molar-refractivity contribution in [2.24, 2.45) is 11.3 Å². The van der Waals surface area contributed by atoms with Crippen molar-refractivity contribution in [1.29, 1.82) is 0 Å². The molecule has 5 nitrogen and oxygen atoms in total. The number of ketones is 1. The summed E-state index contributed by atoms with van der Waals surface area (Å²) >= 11 is 7.16. The lowest BCUT2D eigenvalue weighted by molar-refractivity contribution is 0.0475. The Morgan fingerprint density at radius 3 is 2.46 bits per heavy atom. The first-order valence-electron chi connectivity index (χ1n) is 12.9. The smallest absolute Gasteiger partial charge is 0.339 e. The zero-order valence-electron chi connectivity index (χ0n) is 22.4. The van der Waals surface area contributed by atoms with Gasteiger partial charge in [-0.1, -0.05) is 62.7 Å². The Morgan fingerprint density at radius 2 is 1.79 bits per heavy atom. The largest absolute Gasteiger partial charge is 0.497 e. The molecule has 0 amide bonds. The predicted octanol–water partition coefficient (Wildman–Crippen LogP) is 8.15. The summed E-state index contributed by atoms with van der Waals surface area (Å²) in [5.74, 6) is 0.278. The van der Waals surface area contributed by atoms with Crippen LogP contribution >= 0.6 is 22.9 Å². The molecule has 0 radical (unpaired) electrons. The maximum atomic E-state index is 13.7. The molecule has 0 spiro atoms. The molecule has 1 atom stereocenters. The maximum absolute atomic E-state index is 13.7. The minimum Gasteiger partial charge on any atom is -0.497 e. The van der Waals surface area contributed by atoms with E-state index in [1.165, 1.54) is 11.3 Å². The molecule has 1 unspecified atom stereocenters. The van der Waals surface area contributed by atoms with Gasteiger partial charge in [-0.3, -0.25) is 4.79 Å². The number of thiophene rings is 1. The second-order valence-electron chi connectivity index (χ2n) is 10.8. The molecule has 1 aliphatic carbocycles. The van der Waals surface area contributed by atoms with E-state index in [9.17, 15) is 9.59 Å². The Morgan fingerprint density at radius 1 is 1.05 bits per heavy atom.